The first kappa shape index (κ1) is 44.4. The van der Waals surface area contributed by atoms with Crippen LogP contribution in [-0.4, -0.2) is 119 Å². The van der Waals surface area contributed by atoms with Gasteiger partial charge in [-0.2, -0.15) is 4.98 Å². The van der Waals surface area contributed by atoms with Gasteiger partial charge >= 0.3 is 0 Å². The van der Waals surface area contributed by atoms with Crippen molar-refractivity contribution >= 4 is 63.6 Å². The van der Waals surface area contributed by atoms with Gasteiger partial charge < -0.3 is 44.1 Å². The first-order chi connectivity index (χ1) is 31.4. The molecule has 18 heteroatoms. The maximum atomic E-state index is 13.4. The van der Waals surface area contributed by atoms with Crippen molar-refractivity contribution in [1.29, 1.82) is 0 Å². The fraction of sp³-hybridized carbons (Fsp3) is 0.511. The molecule has 1 unspecified atom stereocenters. The lowest BCUT2D eigenvalue weighted by Crippen LogP contribution is -2.52. The number of ether oxygens (including phenoxy) is 3. The Hall–Kier alpha value is -5.78. The number of fused-ring (bicyclic) bond motifs is 2. The zero-order chi connectivity index (χ0) is 45.5. The van der Waals surface area contributed by atoms with Crippen molar-refractivity contribution in [3.8, 4) is 11.5 Å². The topological polar surface area (TPSA) is 190 Å². The molecule has 3 saturated heterocycles. The number of pyridine rings is 1. The number of nitrogens with one attached hydrogen (secondary N) is 3. The second-order valence-corrected chi connectivity index (χ2v) is 18.4. The Kier molecular flexibility index (Phi) is 12.7. The fourth-order valence-electron chi connectivity index (χ4n) is 10.1. The summed E-state index contributed by atoms with van der Waals surface area (Å²) in [6.07, 6.45) is 8.36. The normalized spacial score (nSPS) is 21.9. The van der Waals surface area contributed by atoms with Crippen LogP contribution in [0.3, 0.4) is 0 Å². The summed E-state index contributed by atoms with van der Waals surface area (Å²) >= 11 is 6.61. The first-order valence-corrected chi connectivity index (χ1v) is 23.1. The zero-order valence-electron chi connectivity index (χ0n) is 37.2. The highest BCUT2D eigenvalue weighted by atomic mass is 35.5. The van der Waals surface area contributed by atoms with Gasteiger partial charge in [-0.15, -0.1) is 0 Å². The van der Waals surface area contributed by atoms with E-state index in [0.717, 1.165) is 86.7 Å². The van der Waals surface area contributed by atoms with E-state index in [9.17, 15) is 24.0 Å². The molecule has 4 amide bonds. The Labute approximate surface area is 382 Å². The number of nitrogens with zero attached hydrogens (tertiary/aromatic N) is 6. The van der Waals surface area contributed by atoms with Crippen molar-refractivity contribution in [2.24, 2.45) is 0 Å². The predicted molar refractivity (Wildman–Crippen MR) is 244 cm³/mol. The maximum Gasteiger partial charge on any atom is 0.293 e. The van der Waals surface area contributed by atoms with Gasteiger partial charge in [-0.25, -0.2) is 4.98 Å². The molecule has 5 aliphatic rings. The molecule has 4 aromatic rings. The quantitative estimate of drug-likeness (QED) is 0.151. The molecule has 4 aliphatic heterocycles. The van der Waals surface area contributed by atoms with Crippen LogP contribution in [0, 0.1) is 0 Å². The van der Waals surface area contributed by atoms with Crippen molar-refractivity contribution in [3.05, 3.63) is 74.7 Å². The van der Waals surface area contributed by atoms with Crippen molar-refractivity contribution < 1.29 is 33.4 Å². The Morgan fingerprint density at radius 2 is 1.72 bits per heavy atom. The van der Waals surface area contributed by atoms with Crippen LogP contribution in [0.25, 0.3) is 10.9 Å². The van der Waals surface area contributed by atoms with Gasteiger partial charge in [0.25, 0.3) is 17.4 Å². The number of likely N-dealkylation sites (N-methyl/N-ethyl adjacent to an activating group) is 1. The van der Waals surface area contributed by atoms with Crippen LogP contribution in [0.1, 0.15) is 98.7 Å². The minimum absolute atomic E-state index is 0.0924. The van der Waals surface area contributed by atoms with Gasteiger partial charge in [-0.3, -0.25) is 29.3 Å². The van der Waals surface area contributed by atoms with Crippen LogP contribution < -0.4 is 35.9 Å². The van der Waals surface area contributed by atoms with E-state index in [-0.39, 0.29) is 60.3 Å². The standard InChI is InChI=1S/C47H56ClN9O8/c1-26(2)57-37-6-5-30(17-28(37)19-40(46(57)62)64-25-42(59)49-3)51-43-36(48)23-50-47(53-43)55-15-11-32(12-16-55)65-33-20-31(21-33)54-13-9-27(10-14-54)34-18-29-24-56(38-7-8-41(58)52-44(38)60)45(61)35(29)22-39(34)63-4/h5-6,17-19,22-23,26-27,31-33,38H,7-16,20-21,24-25H2,1-4H3,(H,49,59)(H,50,51,53)(H,52,58,60)/t31-,33-,38?. The SMILES string of the molecule is CNC(=O)COc1cc2cc(Nc3nc(N4CCC(O[C@H]5C[C@H](N6CCC(c7cc8c(cc7OC)C(=O)N(C7CCC(=O)NC7=O)C8)CC6)C5)CC4)ncc3Cl)ccc2n(C(C)C)c1=O. The van der Waals surface area contributed by atoms with E-state index in [1.165, 1.54) is 7.05 Å². The summed E-state index contributed by atoms with van der Waals surface area (Å²) in [4.78, 5) is 78.5. The Balaban J connectivity index is 0.752. The number of hydrogen-bond acceptors (Lipinski definition) is 13. The van der Waals surface area contributed by atoms with Crippen LogP contribution in [0.15, 0.2) is 47.4 Å². The summed E-state index contributed by atoms with van der Waals surface area (Å²) < 4.78 is 19.7. The van der Waals surface area contributed by atoms with Crippen molar-refractivity contribution in [2.45, 2.75) is 108 Å². The number of carbonyl (C=O) groups is 4. The molecule has 1 aliphatic carbocycles. The number of amides is 4. The largest absolute Gasteiger partial charge is 0.496 e. The van der Waals surface area contributed by atoms with Crippen LogP contribution in [0.2, 0.25) is 5.02 Å². The molecule has 4 fully saturated rings. The molecule has 1 atom stereocenters. The number of benzene rings is 2. The smallest absolute Gasteiger partial charge is 0.293 e. The van der Waals surface area contributed by atoms with Gasteiger partial charge in [0.05, 0.1) is 31.0 Å². The summed E-state index contributed by atoms with van der Waals surface area (Å²) in [5, 5.41) is 9.35. The van der Waals surface area contributed by atoms with Crippen molar-refractivity contribution in [1.82, 2.24) is 35.0 Å². The van der Waals surface area contributed by atoms with Crippen molar-refractivity contribution in [3.63, 3.8) is 0 Å². The van der Waals surface area contributed by atoms with E-state index in [0.29, 0.717) is 58.7 Å². The number of hydrogen-bond donors (Lipinski definition) is 3. The molecule has 9 rings (SSSR count). The van der Waals surface area contributed by atoms with Crippen LogP contribution in [0.4, 0.5) is 17.5 Å². The molecular formula is C47H56ClN9O8. The summed E-state index contributed by atoms with van der Waals surface area (Å²) in [6, 6.07) is 11.0. The molecule has 3 N–H and O–H groups in total. The number of likely N-dealkylation sites (tertiary alicyclic amines) is 1. The second-order valence-electron chi connectivity index (χ2n) is 18.0. The van der Waals surface area contributed by atoms with E-state index < -0.39 is 11.9 Å². The van der Waals surface area contributed by atoms with Gasteiger partial charge in [-0.05, 0) is 125 Å². The lowest BCUT2D eigenvalue weighted by molar-refractivity contribution is -0.137. The molecule has 65 heavy (non-hydrogen) atoms. The average molecular weight is 910 g/mol. The second kappa shape index (κ2) is 18.6. The van der Waals surface area contributed by atoms with E-state index >= 15 is 0 Å². The van der Waals surface area contributed by atoms with E-state index in [2.05, 4.69) is 36.8 Å². The molecule has 344 valence electrons. The molecule has 1 saturated carbocycles. The third-order valence-electron chi connectivity index (χ3n) is 13.7. The lowest BCUT2D eigenvalue weighted by atomic mass is 9.82. The number of imide groups is 1. The van der Waals surface area contributed by atoms with E-state index in [1.54, 1.807) is 28.8 Å². The average Bonchev–Trinajstić information content (AvgIpc) is 3.61. The fourth-order valence-corrected chi connectivity index (χ4v) is 10.2. The molecule has 2 aromatic heterocycles. The monoisotopic (exact) mass is 909 g/mol. The molecule has 0 radical (unpaired) electrons. The molecule has 17 nitrogen and oxygen atoms in total. The number of piperidine rings is 3. The van der Waals surface area contributed by atoms with Crippen LogP contribution in [0.5, 0.6) is 11.5 Å². The summed E-state index contributed by atoms with van der Waals surface area (Å²) in [5.74, 6) is 0.943. The Bertz CT molecular complexity index is 2560. The lowest BCUT2D eigenvalue weighted by Gasteiger charge is -2.47. The third-order valence-corrected chi connectivity index (χ3v) is 14.0. The maximum absolute atomic E-state index is 13.4. The Morgan fingerprint density at radius 1 is 0.954 bits per heavy atom. The number of methoxy groups -OCH3 is 1. The first-order valence-electron chi connectivity index (χ1n) is 22.7. The minimum atomic E-state index is -0.642. The summed E-state index contributed by atoms with van der Waals surface area (Å²) in [5.41, 5.74) is 3.74. The van der Waals surface area contributed by atoms with Gasteiger partial charge in [0.1, 0.15) is 16.8 Å². The van der Waals surface area contributed by atoms with Gasteiger partial charge in [0.2, 0.25) is 17.8 Å². The molecule has 0 spiro atoms. The number of aromatic nitrogens is 3. The summed E-state index contributed by atoms with van der Waals surface area (Å²) in [6.45, 7) is 7.42. The number of halogens is 1. The molecular weight excluding hydrogens is 854 g/mol. The van der Waals surface area contributed by atoms with E-state index in [4.69, 9.17) is 30.8 Å². The number of anilines is 3. The molecule has 6 heterocycles. The highest BCUT2D eigenvalue weighted by Crippen LogP contribution is 2.41. The predicted octanol–water partition coefficient (Wildman–Crippen LogP) is 5.06. The van der Waals surface area contributed by atoms with Gasteiger partial charge in [0.15, 0.2) is 18.2 Å². The van der Waals surface area contributed by atoms with Crippen molar-refractivity contribution in [2.75, 3.05) is 57.2 Å². The Morgan fingerprint density at radius 3 is 2.43 bits per heavy atom. The highest BCUT2D eigenvalue weighted by Gasteiger charge is 2.41. The zero-order valence-corrected chi connectivity index (χ0v) is 38.0. The minimum Gasteiger partial charge on any atom is -0.496 e. The summed E-state index contributed by atoms with van der Waals surface area (Å²) in [7, 11) is 3.16. The number of rotatable bonds is 13. The molecule has 2 aromatic carbocycles. The van der Waals surface area contributed by atoms with Crippen LogP contribution in [-0.2, 0) is 25.7 Å². The number of carbonyl (C=O) groups excluding carboxylic acids is 4. The van der Waals surface area contributed by atoms with E-state index in [1.807, 2.05) is 38.1 Å². The van der Waals surface area contributed by atoms with Crippen LogP contribution >= 0.6 is 11.6 Å². The van der Waals surface area contributed by atoms with Gasteiger partial charge in [-0.1, -0.05) is 11.6 Å². The molecule has 0 bridgehead atoms. The third kappa shape index (κ3) is 9.10. The highest BCUT2D eigenvalue weighted by molar-refractivity contribution is 6.33. The van der Waals surface area contributed by atoms with Gasteiger partial charge in [0, 0.05) is 61.8 Å².